The van der Waals surface area contributed by atoms with Gasteiger partial charge in [0.1, 0.15) is 5.75 Å². The minimum absolute atomic E-state index is 0.0974. The summed E-state index contributed by atoms with van der Waals surface area (Å²) in [6.45, 7) is 12.3. The van der Waals surface area contributed by atoms with Gasteiger partial charge in [-0.15, -0.1) is 0 Å². The molecule has 0 bridgehead atoms. The average molecular weight is 262 g/mol. The van der Waals surface area contributed by atoms with Crippen LogP contribution in [0.25, 0.3) is 0 Å². The van der Waals surface area contributed by atoms with E-state index in [0.717, 1.165) is 25.4 Å². The van der Waals surface area contributed by atoms with Gasteiger partial charge < -0.3 is 15.0 Å². The molecule has 19 heavy (non-hydrogen) atoms. The van der Waals surface area contributed by atoms with Gasteiger partial charge in [0.05, 0.1) is 7.11 Å². The Balaban J connectivity index is 2.36. The van der Waals surface area contributed by atoms with Crippen molar-refractivity contribution in [2.75, 3.05) is 31.6 Å². The van der Waals surface area contributed by atoms with E-state index < -0.39 is 0 Å². The van der Waals surface area contributed by atoms with Gasteiger partial charge in [0.15, 0.2) is 0 Å². The number of hydrogen-bond donors (Lipinski definition) is 1. The van der Waals surface area contributed by atoms with Crippen LogP contribution in [0.5, 0.6) is 5.75 Å². The standard InChI is InChI=1S/C16H26N2O/c1-15(2)10-17-11-16(3,4)18(12-15)13-7-6-8-14(9-13)19-5/h6-9,17H,10-12H2,1-5H3. The minimum Gasteiger partial charge on any atom is -0.497 e. The summed E-state index contributed by atoms with van der Waals surface area (Å²) in [4.78, 5) is 2.50. The number of anilines is 1. The van der Waals surface area contributed by atoms with Gasteiger partial charge in [-0.1, -0.05) is 19.9 Å². The second-order valence-corrected chi connectivity index (χ2v) is 6.87. The molecular formula is C16H26N2O. The molecule has 1 aliphatic rings. The lowest BCUT2D eigenvalue weighted by molar-refractivity contribution is 0.365. The highest BCUT2D eigenvalue weighted by molar-refractivity contribution is 5.53. The largest absolute Gasteiger partial charge is 0.497 e. The Bertz CT molecular complexity index is 440. The summed E-state index contributed by atoms with van der Waals surface area (Å²) >= 11 is 0. The summed E-state index contributed by atoms with van der Waals surface area (Å²) in [7, 11) is 1.72. The highest BCUT2D eigenvalue weighted by atomic mass is 16.5. The summed E-state index contributed by atoms with van der Waals surface area (Å²) in [5.74, 6) is 0.920. The predicted octanol–water partition coefficient (Wildman–Crippen LogP) is 2.91. The van der Waals surface area contributed by atoms with E-state index in [1.807, 2.05) is 6.07 Å². The molecule has 1 aliphatic heterocycles. The number of nitrogens with zero attached hydrogens (tertiary/aromatic N) is 1. The van der Waals surface area contributed by atoms with Crippen molar-refractivity contribution >= 4 is 5.69 Å². The van der Waals surface area contributed by atoms with Crippen molar-refractivity contribution in [3.8, 4) is 5.75 Å². The van der Waals surface area contributed by atoms with Crippen molar-refractivity contribution in [1.29, 1.82) is 0 Å². The molecule has 0 saturated carbocycles. The summed E-state index contributed by atoms with van der Waals surface area (Å²) < 4.78 is 5.35. The van der Waals surface area contributed by atoms with Gasteiger partial charge in [-0.3, -0.25) is 0 Å². The van der Waals surface area contributed by atoms with Crippen LogP contribution >= 0.6 is 0 Å². The normalized spacial score (nSPS) is 21.8. The van der Waals surface area contributed by atoms with Crippen molar-refractivity contribution in [1.82, 2.24) is 5.32 Å². The fraction of sp³-hybridized carbons (Fsp3) is 0.625. The monoisotopic (exact) mass is 262 g/mol. The first-order valence-electron chi connectivity index (χ1n) is 6.96. The van der Waals surface area contributed by atoms with Crippen LogP contribution in [0.2, 0.25) is 0 Å². The number of ether oxygens (including phenoxy) is 1. The van der Waals surface area contributed by atoms with E-state index in [1.165, 1.54) is 5.69 Å². The average Bonchev–Trinajstić information content (AvgIpc) is 2.45. The number of hydrogen-bond acceptors (Lipinski definition) is 3. The molecule has 1 N–H and O–H groups in total. The van der Waals surface area contributed by atoms with E-state index in [-0.39, 0.29) is 11.0 Å². The smallest absolute Gasteiger partial charge is 0.120 e. The Labute approximate surface area is 116 Å². The molecular weight excluding hydrogens is 236 g/mol. The lowest BCUT2D eigenvalue weighted by Crippen LogP contribution is -2.49. The highest BCUT2D eigenvalue weighted by Crippen LogP contribution is 2.32. The van der Waals surface area contributed by atoms with E-state index in [1.54, 1.807) is 7.11 Å². The van der Waals surface area contributed by atoms with Crippen LogP contribution in [-0.2, 0) is 0 Å². The maximum absolute atomic E-state index is 5.35. The first kappa shape index (κ1) is 14.2. The molecule has 0 unspecified atom stereocenters. The summed E-state index contributed by atoms with van der Waals surface area (Å²) in [5.41, 5.74) is 1.60. The third-order valence-corrected chi connectivity index (χ3v) is 3.84. The molecule has 2 rings (SSSR count). The van der Waals surface area contributed by atoms with Gasteiger partial charge in [0.2, 0.25) is 0 Å². The zero-order valence-corrected chi connectivity index (χ0v) is 12.8. The van der Waals surface area contributed by atoms with Crippen LogP contribution in [0.1, 0.15) is 27.7 Å². The fourth-order valence-corrected chi connectivity index (χ4v) is 2.72. The fourth-order valence-electron chi connectivity index (χ4n) is 2.72. The third-order valence-electron chi connectivity index (χ3n) is 3.84. The van der Waals surface area contributed by atoms with Crippen LogP contribution in [0.3, 0.4) is 0 Å². The van der Waals surface area contributed by atoms with Gasteiger partial charge in [-0.25, -0.2) is 0 Å². The van der Waals surface area contributed by atoms with E-state index in [4.69, 9.17) is 4.74 Å². The molecule has 0 amide bonds. The summed E-state index contributed by atoms with van der Waals surface area (Å²) in [5, 5.41) is 3.58. The number of nitrogens with one attached hydrogen (secondary N) is 1. The van der Waals surface area contributed by atoms with Gasteiger partial charge in [-0.05, 0) is 31.4 Å². The molecule has 1 saturated heterocycles. The number of methoxy groups -OCH3 is 1. The Morgan fingerprint density at radius 2 is 1.89 bits per heavy atom. The van der Waals surface area contributed by atoms with Crippen molar-refractivity contribution in [2.45, 2.75) is 33.2 Å². The molecule has 0 spiro atoms. The maximum atomic E-state index is 5.35. The molecule has 3 nitrogen and oxygen atoms in total. The zero-order valence-electron chi connectivity index (χ0n) is 12.8. The van der Waals surface area contributed by atoms with Crippen LogP contribution in [0, 0.1) is 5.41 Å². The van der Waals surface area contributed by atoms with E-state index >= 15 is 0 Å². The zero-order chi connectivity index (χ0) is 14.1. The predicted molar refractivity (Wildman–Crippen MR) is 81.1 cm³/mol. The SMILES string of the molecule is COc1cccc(N2CC(C)(C)CNCC2(C)C)c1. The maximum Gasteiger partial charge on any atom is 0.120 e. The molecule has 0 aromatic heterocycles. The topological polar surface area (TPSA) is 24.5 Å². The molecule has 1 aromatic rings. The Kier molecular flexibility index (Phi) is 3.77. The van der Waals surface area contributed by atoms with Crippen LogP contribution in [0.4, 0.5) is 5.69 Å². The van der Waals surface area contributed by atoms with Gasteiger partial charge in [0.25, 0.3) is 0 Å². The van der Waals surface area contributed by atoms with Crippen LogP contribution in [-0.4, -0.2) is 32.3 Å². The van der Waals surface area contributed by atoms with Crippen molar-refractivity contribution in [2.24, 2.45) is 5.41 Å². The molecule has 1 heterocycles. The van der Waals surface area contributed by atoms with Crippen molar-refractivity contribution < 1.29 is 4.74 Å². The van der Waals surface area contributed by atoms with Gasteiger partial charge in [0, 0.05) is 36.9 Å². The lowest BCUT2D eigenvalue weighted by Gasteiger charge is -2.41. The Morgan fingerprint density at radius 3 is 2.58 bits per heavy atom. The second kappa shape index (κ2) is 5.04. The minimum atomic E-state index is 0.0974. The number of rotatable bonds is 2. The van der Waals surface area contributed by atoms with E-state index in [2.05, 4.69) is 56.1 Å². The third kappa shape index (κ3) is 3.21. The molecule has 3 heteroatoms. The Morgan fingerprint density at radius 1 is 1.16 bits per heavy atom. The molecule has 0 radical (unpaired) electrons. The molecule has 1 fully saturated rings. The highest BCUT2D eigenvalue weighted by Gasteiger charge is 2.35. The van der Waals surface area contributed by atoms with Gasteiger partial charge in [-0.2, -0.15) is 0 Å². The number of benzene rings is 1. The summed E-state index contributed by atoms with van der Waals surface area (Å²) in [6, 6.07) is 8.36. The molecule has 1 aromatic carbocycles. The first-order chi connectivity index (χ1) is 8.84. The Hall–Kier alpha value is -1.22. The van der Waals surface area contributed by atoms with E-state index in [9.17, 15) is 0 Å². The van der Waals surface area contributed by atoms with Crippen molar-refractivity contribution in [3.63, 3.8) is 0 Å². The molecule has 0 atom stereocenters. The van der Waals surface area contributed by atoms with E-state index in [0.29, 0.717) is 0 Å². The molecule has 106 valence electrons. The molecule has 0 aliphatic carbocycles. The van der Waals surface area contributed by atoms with Crippen LogP contribution < -0.4 is 15.0 Å². The lowest BCUT2D eigenvalue weighted by atomic mass is 9.91. The second-order valence-electron chi connectivity index (χ2n) is 6.87. The summed E-state index contributed by atoms with van der Waals surface area (Å²) in [6.07, 6.45) is 0. The van der Waals surface area contributed by atoms with Crippen LogP contribution in [0.15, 0.2) is 24.3 Å². The van der Waals surface area contributed by atoms with Gasteiger partial charge >= 0.3 is 0 Å². The van der Waals surface area contributed by atoms with Crippen molar-refractivity contribution in [3.05, 3.63) is 24.3 Å². The first-order valence-corrected chi connectivity index (χ1v) is 6.96. The quantitative estimate of drug-likeness (QED) is 0.887.